The van der Waals surface area contributed by atoms with E-state index in [2.05, 4.69) is 10.3 Å². The standard InChI is InChI=1S/C11H14N2O3/c14-8-2-1-5-12-10(8)11(16)13-6-9(15)7-3-4-7/h1-2,5,7,9,14-15H,3-4,6H2,(H,13,16). The summed E-state index contributed by atoms with van der Waals surface area (Å²) < 4.78 is 0. The number of nitrogens with zero attached hydrogens (tertiary/aromatic N) is 1. The highest BCUT2D eigenvalue weighted by atomic mass is 16.3. The first-order valence-corrected chi connectivity index (χ1v) is 5.28. The number of aliphatic hydroxyl groups excluding tert-OH is 1. The summed E-state index contributed by atoms with van der Waals surface area (Å²) in [5.74, 6) is -0.295. The number of carbonyl (C=O) groups excluding carboxylic acids is 1. The minimum absolute atomic E-state index is 0.00880. The second-order valence-corrected chi connectivity index (χ2v) is 3.99. The molecule has 1 amide bonds. The summed E-state index contributed by atoms with van der Waals surface area (Å²) in [6.07, 6.45) is 2.98. The van der Waals surface area contributed by atoms with Crippen LogP contribution in [0.4, 0.5) is 0 Å². The number of amides is 1. The fourth-order valence-electron chi connectivity index (χ4n) is 1.50. The molecule has 1 unspecified atom stereocenters. The van der Waals surface area contributed by atoms with Crippen LogP contribution >= 0.6 is 0 Å². The van der Waals surface area contributed by atoms with Crippen molar-refractivity contribution in [2.45, 2.75) is 18.9 Å². The molecule has 5 heteroatoms. The number of pyridine rings is 1. The highest BCUT2D eigenvalue weighted by molar-refractivity contribution is 5.94. The number of nitrogens with one attached hydrogen (secondary N) is 1. The number of hydrogen-bond acceptors (Lipinski definition) is 4. The van der Waals surface area contributed by atoms with Crippen molar-refractivity contribution in [2.24, 2.45) is 5.92 Å². The highest BCUT2D eigenvalue weighted by Gasteiger charge is 2.29. The second kappa shape index (κ2) is 4.49. The van der Waals surface area contributed by atoms with Gasteiger partial charge in [-0.05, 0) is 30.9 Å². The van der Waals surface area contributed by atoms with E-state index in [4.69, 9.17) is 0 Å². The van der Waals surface area contributed by atoms with Gasteiger partial charge in [-0.2, -0.15) is 0 Å². The Morgan fingerprint density at radius 3 is 3.00 bits per heavy atom. The van der Waals surface area contributed by atoms with E-state index in [0.29, 0.717) is 5.92 Å². The van der Waals surface area contributed by atoms with Gasteiger partial charge in [-0.25, -0.2) is 4.98 Å². The van der Waals surface area contributed by atoms with Crippen molar-refractivity contribution in [3.63, 3.8) is 0 Å². The summed E-state index contributed by atoms with van der Waals surface area (Å²) in [6, 6.07) is 2.95. The van der Waals surface area contributed by atoms with Gasteiger partial charge in [-0.3, -0.25) is 4.79 Å². The molecule has 1 heterocycles. The van der Waals surface area contributed by atoms with Gasteiger partial charge < -0.3 is 15.5 Å². The van der Waals surface area contributed by atoms with Crippen LogP contribution in [0.1, 0.15) is 23.3 Å². The molecular formula is C11H14N2O3. The Labute approximate surface area is 93.1 Å². The van der Waals surface area contributed by atoms with Crippen LogP contribution in [-0.4, -0.2) is 33.8 Å². The molecule has 0 saturated heterocycles. The van der Waals surface area contributed by atoms with Crippen LogP contribution in [0.25, 0.3) is 0 Å². The predicted octanol–water partition coefficient (Wildman–Crippen LogP) is 0.288. The molecule has 0 radical (unpaired) electrons. The van der Waals surface area contributed by atoms with E-state index in [0.717, 1.165) is 12.8 Å². The number of aromatic nitrogens is 1. The molecule has 1 aromatic rings. The third-order valence-electron chi connectivity index (χ3n) is 2.64. The molecule has 86 valence electrons. The fraction of sp³-hybridized carbons (Fsp3) is 0.455. The molecule has 2 rings (SSSR count). The molecule has 1 saturated carbocycles. The first kappa shape index (κ1) is 10.9. The minimum Gasteiger partial charge on any atom is -0.505 e. The molecule has 5 nitrogen and oxygen atoms in total. The zero-order valence-corrected chi connectivity index (χ0v) is 8.76. The third kappa shape index (κ3) is 2.49. The molecule has 0 aromatic carbocycles. The minimum atomic E-state index is -0.491. The Morgan fingerprint density at radius 2 is 2.38 bits per heavy atom. The van der Waals surface area contributed by atoms with Crippen molar-refractivity contribution in [3.05, 3.63) is 24.0 Å². The van der Waals surface area contributed by atoms with Gasteiger partial charge in [-0.15, -0.1) is 0 Å². The molecule has 3 N–H and O–H groups in total. The van der Waals surface area contributed by atoms with Crippen molar-refractivity contribution in [1.29, 1.82) is 0 Å². The summed E-state index contributed by atoms with van der Waals surface area (Å²) in [5.41, 5.74) is -0.00880. The normalized spacial score (nSPS) is 16.8. The van der Waals surface area contributed by atoms with Gasteiger partial charge in [0.2, 0.25) is 0 Å². The number of hydrogen-bond donors (Lipinski definition) is 3. The number of aliphatic hydroxyl groups is 1. The van der Waals surface area contributed by atoms with Crippen molar-refractivity contribution in [2.75, 3.05) is 6.54 Å². The van der Waals surface area contributed by atoms with E-state index in [1.165, 1.54) is 12.3 Å². The van der Waals surface area contributed by atoms with Crippen LogP contribution in [0, 0.1) is 5.92 Å². The Kier molecular flexibility index (Phi) is 3.05. The average molecular weight is 222 g/mol. The topological polar surface area (TPSA) is 82.5 Å². The van der Waals surface area contributed by atoms with E-state index < -0.39 is 12.0 Å². The van der Waals surface area contributed by atoms with Gasteiger partial charge in [0.05, 0.1) is 6.10 Å². The molecule has 1 aliphatic rings. The maximum absolute atomic E-state index is 11.6. The quantitative estimate of drug-likeness (QED) is 0.683. The number of rotatable bonds is 4. The molecular weight excluding hydrogens is 208 g/mol. The van der Waals surface area contributed by atoms with Crippen LogP contribution in [0.5, 0.6) is 5.75 Å². The lowest BCUT2D eigenvalue weighted by atomic mass is 10.2. The van der Waals surface area contributed by atoms with E-state index in [1.807, 2.05) is 0 Å². The van der Waals surface area contributed by atoms with Crippen molar-refractivity contribution in [1.82, 2.24) is 10.3 Å². The third-order valence-corrected chi connectivity index (χ3v) is 2.64. The lowest BCUT2D eigenvalue weighted by Gasteiger charge is -2.10. The van der Waals surface area contributed by atoms with Crippen LogP contribution in [0.3, 0.4) is 0 Å². The predicted molar refractivity (Wildman–Crippen MR) is 57.0 cm³/mol. The fourth-order valence-corrected chi connectivity index (χ4v) is 1.50. The van der Waals surface area contributed by atoms with Crippen molar-refractivity contribution >= 4 is 5.91 Å². The van der Waals surface area contributed by atoms with Gasteiger partial charge in [0, 0.05) is 12.7 Å². The van der Waals surface area contributed by atoms with Gasteiger partial charge in [-0.1, -0.05) is 0 Å². The van der Waals surface area contributed by atoms with Crippen LogP contribution in [0.2, 0.25) is 0 Å². The van der Waals surface area contributed by atoms with E-state index in [1.54, 1.807) is 6.07 Å². The number of carbonyl (C=O) groups is 1. The second-order valence-electron chi connectivity index (χ2n) is 3.99. The van der Waals surface area contributed by atoms with E-state index in [-0.39, 0.29) is 18.0 Å². The molecule has 16 heavy (non-hydrogen) atoms. The molecule has 1 atom stereocenters. The van der Waals surface area contributed by atoms with Gasteiger partial charge in [0.1, 0.15) is 5.75 Å². The van der Waals surface area contributed by atoms with Crippen molar-refractivity contribution < 1.29 is 15.0 Å². The van der Waals surface area contributed by atoms with Crippen LogP contribution < -0.4 is 5.32 Å². The molecule has 1 fully saturated rings. The zero-order chi connectivity index (χ0) is 11.5. The lowest BCUT2D eigenvalue weighted by Crippen LogP contribution is -2.33. The van der Waals surface area contributed by atoms with Crippen molar-refractivity contribution in [3.8, 4) is 5.75 Å². The summed E-state index contributed by atoms with van der Waals surface area (Å²) >= 11 is 0. The van der Waals surface area contributed by atoms with Crippen LogP contribution in [0.15, 0.2) is 18.3 Å². The molecule has 1 aliphatic carbocycles. The molecule has 0 aliphatic heterocycles. The van der Waals surface area contributed by atoms with E-state index in [9.17, 15) is 15.0 Å². The smallest absolute Gasteiger partial charge is 0.273 e. The average Bonchev–Trinajstić information content (AvgIpc) is 3.10. The maximum atomic E-state index is 11.6. The summed E-state index contributed by atoms with van der Waals surface area (Å²) in [6.45, 7) is 0.208. The summed E-state index contributed by atoms with van der Waals surface area (Å²) in [4.78, 5) is 15.3. The van der Waals surface area contributed by atoms with Gasteiger partial charge in [0.15, 0.2) is 5.69 Å². The Hall–Kier alpha value is -1.62. The monoisotopic (exact) mass is 222 g/mol. The van der Waals surface area contributed by atoms with E-state index >= 15 is 0 Å². The van der Waals surface area contributed by atoms with Gasteiger partial charge >= 0.3 is 0 Å². The number of aromatic hydroxyl groups is 1. The Morgan fingerprint density at radius 1 is 1.62 bits per heavy atom. The molecule has 0 spiro atoms. The Balaban J connectivity index is 1.90. The van der Waals surface area contributed by atoms with Crippen LogP contribution in [-0.2, 0) is 0 Å². The summed E-state index contributed by atoms with van der Waals surface area (Å²) in [5, 5.41) is 21.5. The SMILES string of the molecule is O=C(NCC(O)C1CC1)c1ncccc1O. The largest absolute Gasteiger partial charge is 0.505 e. The zero-order valence-electron chi connectivity index (χ0n) is 8.76. The first-order valence-electron chi connectivity index (χ1n) is 5.28. The highest BCUT2D eigenvalue weighted by Crippen LogP contribution is 2.32. The Bertz CT molecular complexity index is 391. The molecule has 1 aromatic heterocycles. The molecule has 0 bridgehead atoms. The first-order chi connectivity index (χ1) is 7.68. The lowest BCUT2D eigenvalue weighted by molar-refractivity contribution is 0.0893. The van der Waals surface area contributed by atoms with Gasteiger partial charge in [0.25, 0.3) is 5.91 Å². The maximum Gasteiger partial charge on any atom is 0.273 e. The summed E-state index contributed by atoms with van der Waals surface area (Å²) in [7, 11) is 0.